The summed E-state index contributed by atoms with van der Waals surface area (Å²) in [4.78, 5) is 31.3. The first-order valence-electron chi connectivity index (χ1n) is 12.9. The van der Waals surface area contributed by atoms with Crippen LogP contribution in [0.3, 0.4) is 0 Å². The van der Waals surface area contributed by atoms with Crippen LogP contribution in [0.5, 0.6) is 0 Å². The Hall–Kier alpha value is -3.80. The fourth-order valence-corrected chi connectivity index (χ4v) is 5.27. The van der Waals surface area contributed by atoms with Crippen molar-refractivity contribution in [2.24, 2.45) is 0 Å². The van der Waals surface area contributed by atoms with Gasteiger partial charge in [0.1, 0.15) is 5.69 Å². The van der Waals surface area contributed by atoms with E-state index in [0.717, 1.165) is 74.5 Å². The molecular formula is C30H34N4O2. The summed E-state index contributed by atoms with van der Waals surface area (Å²) in [5.41, 5.74) is 6.51. The number of anilines is 2. The number of Topliss-reactive ketones (excluding diaryl/α,β-unsaturated/α-hetero) is 1. The number of ketones is 1. The highest BCUT2D eigenvalue weighted by molar-refractivity contribution is 6.47. The van der Waals surface area contributed by atoms with E-state index in [4.69, 9.17) is 0 Å². The van der Waals surface area contributed by atoms with Crippen LogP contribution in [0.25, 0.3) is 11.1 Å². The minimum Gasteiger partial charge on any atom is -0.372 e. The molecule has 36 heavy (non-hydrogen) atoms. The van der Waals surface area contributed by atoms with Gasteiger partial charge in [-0.3, -0.25) is 9.59 Å². The zero-order valence-electron chi connectivity index (χ0n) is 21.2. The second kappa shape index (κ2) is 10.4. The summed E-state index contributed by atoms with van der Waals surface area (Å²) >= 11 is 0. The third-order valence-electron chi connectivity index (χ3n) is 7.44. The topological polar surface area (TPSA) is 57.6 Å². The normalized spacial score (nSPS) is 16.0. The van der Waals surface area contributed by atoms with Crippen LogP contribution in [0.2, 0.25) is 0 Å². The van der Waals surface area contributed by atoms with Crippen LogP contribution in [-0.2, 0) is 17.8 Å². The molecular weight excluding hydrogens is 448 g/mol. The van der Waals surface area contributed by atoms with E-state index < -0.39 is 11.7 Å². The number of nitrogens with zero attached hydrogens (tertiary/aromatic N) is 3. The van der Waals surface area contributed by atoms with Crippen molar-refractivity contribution in [3.8, 4) is 11.1 Å². The molecule has 6 heteroatoms. The van der Waals surface area contributed by atoms with Crippen LogP contribution in [0.4, 0.5) is 11.4 Å². The maximum Gasteiger partial charge on any atom is 0.298 e. The number of carbonyl (C=O) groups is 2. The minimum atomic E-state index is -0.596. The van der Waals surface area contributed by atoms with E-state index in [2.05, 4.69) is 41.1 Å². The van der Waals surface area contributed by atoms with Crippen molar-refractivity contribution in [3.63, 3.8) is 0 Å². The molecule has 6 nitrogen and oxygen atoms in total. The van der Waals surface area contributed by atoms with Crippen molar-refractivity contribution < 1.29 is 9.59 Å². The third kappa shape index (κ3) is 4.81. The lowest BCUT2D eigenvalue weighted by molar-refractivity contribution is -0.112. The van der Waals surface area contributed by atoms with Crippen molar-refractivity contribution >= 4 is 23.1 Å². The molecule has 0 unspecified atom stereocenters. The first-order chi connectivity index (χ1) is 17.5. The van der Waals surface area contributed by atoms with Crippen molar-refractivity contribution in [2.45, 2.75) is 39.7 Å². The van der Waals surface area contributed by atoms with Gasteiger partial charge >= 0.3 is 0 Å². The fourth-order valence-electron chi connectivity index (χ4n) is 5.27. The highest BCUT2D eigenvalue weighted by atomic mass is 16.2. The molecule has 2 aliphatic heterocycles. The van der Waals surface area contributed by atoms with Gasteiger partial charge in [0.15, 0.2) is 0 Å². The Kier molecular flexibility index (Phi) is 6.94. The van der Waals surface area contributed by atoms with E-state index >= 15 is 0 Å². The van der Waals surface area contributed by atoms with Gasteiger partial charge in [-0.25, -0.2) is 0 Å². The SMILES string of the molecule is CC=C(C)N1CCN(c2ccc(NC(=O)C(=O)c3c(-c4ccccc4)cc4n3CCCC4)cc2)CC1. The molecule has 1 fully saturated rings. The Balaban J connectivity index is 1.30. The molecule has 0 atom stereocenters. The number of hydrogen-bond donors (Lipinski definition) is 1. The predicted molar refractivity (Wildman–Crippen MR) is 145 cm³/mol. The molecule has 0 saturated carbocycles. The van der Waals surface area contributed by atoms with Gasteiger partial charge in [-0.05, 0) is 69.0 Å². The Morgan fingerprint density at radius 1 is 0.889 bits per heavy atom. The van der Waals surface area contributed by atoms with Gasteiger partial charge in [-0.1, -0.05) is 36.4 Å². The van der Waals surface area contributed by atoms with E-state index in [1.807, 2.05) is 59.2 Å². The van der Waals surface area contributed by atoms with Crippen LogP contribution in [0.1, 0.15) is 42.9 Å². The van der Waals surface area contributed by atoms with Gasteiger partial charge in [0.2, 0.25) is 0 Å². The van der Waals surface area contributed by atoms with Crippen molar-refractivity contribution in [1.29, 1.82) is 0 Å². The number of allylic oxidation sites excluding steroid dienone is 2. The molecule has 0 bridgehead atoms. The second-order valence-corrected chi connectivity index (χ2v) is 9.61. The first-order valence-corrected chi connectivity index (χ1v) is 12.9. The molecule has 186 valence electrons. The number of benzene rings is 2. The van der Waals surface area contributed by atoms with Gasteiger partial charge in [0.25, 0.3) is 11.7 Å². The Bertz CT molecular complexity index is 1270. The van der Waals surface area contributed by atoms with E-state index in [1.54, 1.807) is 0 Å². The van der Waals surface area contributed by atoms with Gasteiger partial charge < -0.3 is 19.7 Å². The molecule has 1 amide bonds. The van der Waals surface area contributed by atoms with Crippen molar-refractivity contribution in [2.75, 3.05) is 36.4 Å². The lowest BCUT2D eigenvalue weighted by Gasteiger charge is -2.37. The average Bonchev–Trinajstić information content (AvgIpc) is 3.33. The number of fused-ring (bicyclic) bond motifs is 1. The minimum absolute atomic E-state index is 0.485. The summed E-state index contributed by atoms with van der Waals surface area (Å²) in [5.74, 6) is -1.08. The molecule has 2 aromatic carbocycles. The van der Waals surface area contributed by atoms with Crippen LogP contribution < -0.4 is 10.2 Å². The molecule has 3 heterocycles. The van der Waals surface area contributed by atoms with Gasteiger partial charge in [0, 0.05) is 61.1 Å². The van der Waals surface area contributed by atoms with Gasteiger partial charge in [-0.15, -0.1) is 0 Å². The zero-order chi connectivity index (χ0) is 25.1. The maximum absolute atomic E-state index is 13.5. The predicted octanol–water partition coefficient (Wildman–Crippen LogP) is 5.36. The second-order valence-electron chi connectivity index (χ2n) is 9.61. The van der Waals surface area contributed by atoms with Gasteiger partial charge in [0.05, 0.1) is 0 Å². The average molecular weight is 483 g/mol. The van der Waals surface area contributed by atoms with E-state index in [9.17, 15) is 9.59 Å². The molecule has 0 spiro atoms. The number of rotatable bonds is 6. The fraction of sp³-hybridized carbons (Fsp3) is 0.333. The number of nitrogens with one attached hydrogen (secondary N) is 1. The standard InChI is InChI=1S/C30H34N4O2/c1-3-22(2)32-17-19-33(20-18-32)25-14-12-24(13-15-25)31-30(36)29(35)28-27(23-9-5-4-6-10-23)21-26-11-7-8-16-34(26)28/h3-6,9-10,12-15,21H,7-8,11,16-20H2,1-2H3,(H,31,36). The van der Waals surface area contributed by atoms with Crippen molar-refractivity contribution in [1.82, 2.24) is 9.47 Å². The number of amides is 1. The summed E-state index contributed by atoms with van der Waals surface area (Å²) in [6.07, 6.45) is 5.20. The van der Waals surface area contributed by atoms with E-state index in [1.165, 1.54) is 5.70 Å². The lowest BCUT2D eigenvalue weighted by Crippen LogP contribution is -2.45. The summed E-state index contributed by atoms with van der Waals surface area (Å²) in [6, 6.07) is 19.8. The van der Waals surface area contributed by atoms with E-state index in [-0.39, 0.29) is 0 Å². The summed E-state index contributed by atoms with van der Waals surface area (Å²) in [5, 5.41) is 2.84. The Morgan fingerprint density at radius 2 is 1.61 bits per heavy atom. The van der Waals surface area contributed by atoms with Crippen LogP contribution in [0.15, 0.2) is 72.4 Å². The molecule has 0 aliphatic carbocycles. The molecule has 1 aromatic heterocycles. The van der Waals surface area contributed by atoms with Gasteiger partial charge in [-0.2, -0.15) is 0 Å². The molecule has 2 aliphatic rings. The van der Waals surface area contributed by atoms with Crippen LogP contribution in [-0.4, -0.2) is 47.3 Å². The quantitative estimate of drug-likeness (QED) is 0.380. The molecule has 0 radical (unpaired) electrons. The van der Waals surface area contributed by atoms with Crippen LogP contribution >= 0.6 is 0 Å². The molecule has 1 N–H and O–H groups in total. The highest BCUT2D eigenvalue weighted by Crippen LogP contribution is 2.31. The monoisotopic (exact) mass is 482 g/mol. The third-order valence-corrected chi connectivity index (χ3v) is 7.44. The van der Waals surface area contributed by atoms with Crippen molar-refractivity contribution in [3.05, 3.63) is 83.8 Å². The van der Waals surface area contributed by atoms with E-state index in [0.29, 0.717) is 11.4 Å². The number of aryl methyl sites for hydroxylation is 1. The Morgan fingerprint density at radius 3 is 2.31 bits per heavy atom. The first kappa shape index (κ1) is 23.9. The number of piperazine rings is 1. The molecule has 3 aromatic rings. The summed E-state index contributed by atoms with van der Waals surface area (Å²) in [6.45, 7) is 8.90. The number of aromatic nitrogens is 1. The molecule has 1 saturated heterocycles. The van der Waals surface area contributed by atoms with Crippen LogP contribution in [0, 0.1) is 0 Å². The maximum atomic E-state index is 13.5. The summed E-state index contributed by atoms with van der Waals surface area (Å²) in [7, 11) is 0. The lowest BCUT2D eigenvalue weighted by atomic mass is 10.0. The molecule has 5 rings (SSSR count). The number of carbonyl (C=O) groups excluding carboxylic acids is 2. The summed E-state index contributed by atoms with van der Waals surface area (Å²) < 4.78 is 2.05. The largest absolute Gasteiger partial charge is 0.372 e. The zero-order valence-corrected chi connectivity index (χ0v) is 21.2. The Labute approximate surface area is 213 Å². The smallest absolute Gasteiger partial charge is 0.298 e. The number of hydrogen-bond acceptors (Lipinski definition) is 4. The highest BCUT2D eigenvalue weighted by Gasteiger charge is 2.28.